The Bertz CT molecular complexity index is 1230. The molecule has 2 N–H and O–H groups in total. The Labute approximate surface area is 188 Å². The molecule has 6 nitrogen and oxygen atoms in total. The van der Waals surface area contributed by atoms with E-state index in [0.29, 0.717) is 6.54 Å². The number of sulfonamides is 1. The zero-order chi connectivity index (χ0) is 23.8. The molecule has 1 aromatic heterocycles. The molecule has 33 heavy (non-hydrogen) atoms. The van der Waals surface area contributed by atoms with Crippen LogP contribution in [0.3, 0.4) is 0 Å². The summed E-state index contributed by atoms with van der Waals surface area (Å²) in [5, 5.41) is 9.42. The first-order valence-electron chi connectivity index (χ1n) is 10.3. The number of nitrogens with zero attached hydrogens (tertiary/aromatic N) is 3. The minimum atomic E-state index is -4.72. The van der Waals surface area contributed by atoms with Gasteiger partial charge in [0.25, 0.3) is 0 Å². The number of aromatic nitrogens is 2. The second kappa shape index (κ2) is 8.88. The minimum absolute atomic E-state index is 0.0244. The molecule has 0 saturated carbocycles. The molecule has 1 saturated heterocycles. The number of benzene rings is 2. The predicted octanol–water partition coefficient (Wildman–Crippen LogP) is 4.12. The quantitative estimate of drug-likeness (QED) is 0.536. The number of likely N-dealkylation sites (tertiary alicyclic amines) is 1. The molecular weight excluding hydrogens is 460 g/mol. The maximum Gasteiger partial charge on any atom is 0.433 e. The summed E-state index contributed by atoms with van der Waals surface area (Å²) in [7, 11) is -3.97. The third kappa shape index (κ3) is 5.10. The maximum absolute atomic E-state index is 14.3. The van der Waals surface area contributed by atoms with Crippen LogP contribution in [-0.2, 0) is 22.7 Å². The van der Waals surface area contributed by atoms with Gasteiger partial charge in [-0.2, -0.15) is 18.3 Å². The van der Waals surface area contributed by atoms with Gasteiger partial charge in [-0.05, 0) is 55.8 Å². The molecule has 2 aromatic carbocycles. The van der Waals surface area contributed by atoms with Gasteiger partial charge in [0.1, 0.15) is 11.5 Å². The summed E-state index contributed by atoms with van der Waals surface area (Å²) in [6.45, 7) is 2.10. The highest BCUT2D eigenvalue weighted by Crippen LogP contribution is 2.43. The zero-order valence-corrected chi connectivity index (χ0v) is 18.3. The molecule has 1 aliphatic heterocycles. The fourth-order valence-corrected chi connectivity index (χ4v) is 4.56. The number of hydrogen-bond donors (Lipinski definition) is 1. The molecule has 0 amide bonds. The second-order valence-electron chi connectivity index (χ2n) is 7.92. The van der Waals surface area contributed by atoms with E-state index >= 15 is 0 Å². The van der Waals surface area contributed by atoms with Crippen molar-refractivity contribution in [1.82, 2.24) is 14.7 Å². The summed E-state index contributed by atoms with van der Waals surface area (Å²) in [5.41, 5.74) is -0.656. The van der Waals surface area contributed by atoms with Crippen molar-refractivity contribution in [2.75, 3.05) is 19.6 Å². The van der Waals surface area contributed by atoms with Crippen LogP contribution < -0.4 is 5.14 Å². The van der Waals surface area contributed by atoms with Crippen LogP contribution in [0.4, 0.5) is 17.6 Å². The van der Waals surface area contributed by atoms with E-state index in [4.69, 9.17) is 5.14 Å². The first kappa shape index (κ1) is 23.4. The molecule has 3 aromatic rings. The number of primary sulfonamides is 1. The lowest BCUT2D eigenvalue weighted by Gasteiger charge is -2.17. The number of hydrogen-bond acceptors (Lipinski definition) is 4. The van der Waals surface area contributed by atoms with E-state index in [1.807, 2.05) is 0 Å². The fourth-order valence-electron chi connectivity index (χ4n) is 4.05. The van der Waals surface area contributed by atoms with Gasteiger partial charge in [-0.3, -0.25) is 4.68 Å². The van der Waals surface area contributed by atoms with Gasteiger partial charge in [-0.15, -0.1) is 0 Å². The lowest BCUT2D eigenvalue weighted by molar-refractivity contribution is -0.143. The topological polar surface area (TPSA) is 81.2 Å². The summed E-state index contributed by atoms with van der Waals surface area (Å²) in [6.07, 6.45) is -2.71. The predicted molar refractivity (Wildman–Crippen MR) is 115 cm³/mol. The van der Waals surface area contributed by atoms with Crippen LogP contribution in [0.25, 0.3) is 22.4 Å². The average Bonchev–Trinajstić information content (AvgIpc) is 3.40. The van der Waals surface area contributed by atoms with Crippen molar-refractivity contribution >= 4 is 10.0 Å². The number of nitrogens with two attached hydrogens (primary N) is 1. The molecule has 1 aliphatic rings. The highest BCUT2D eigenvalue weighted by atomic mass is 32.2. The van der Waals surface area contributed by atoms with E-state index < -0.39 is 27.7 Å². The minimum Gasteiger partial charge on any atom is -0.301 e. The average molecular weight is 483 g/mol. The van der Waals surface area contributed by atoms with E-state index in [0.717, 1.165) is 42.7 Å². The van der Waals surface area contributed by atoms with Crippen LogP contribution in [0.1, 0.15) is 18.5 Å². The van der Waals surface area contributed by atoms with Gasteiger partial charge in [-0.1, -0.05) is 24.3 Å². The Morgan fingerprint density at radius 3 is 2.03 bits per heavy atom. The van der Waals surface area contributed by atoms with Crippen LogP contribution in [-0.4, -0.2) is 42.7 Å². The third-order valence-corrected chi connectivity index (χ3v) is 6.57. The molecule has 1 fully saturated rings. The Morgan fingerprint density at radius 2 is 1.48 bits per heavy atom. The molecular formula is C22H22F4N4O2S. The van der Waals surface area contributed by atoms with Crippen molar-refractivity contribution in [3.63, 3.8) is 0 Å². The molecule has 0 unspecified atom stereocenters. The van der Waals surface area contributed by atoms with E-state index in [1.54, 1.807) is 0 Å². The smallest absolute Gasteiger partial charge is 0.301 e. The van der Waals surface area contributed by atoms with Crippen molar-refractivity contribution < 1.29 is 26.0 Å². The van der Waals surface area contributed by atoms with Gasteiger partial charge >= 0.3 is 6.18 Å². The molecule has 2 heterocycles. The SMILES string of the molecule is NS(=O)(=O)c1ccc(-c2nn(CCN3CCCC3)c(C(F)(F)F)c2-c2ccc(F)cc2)cc1. The molecule has 4 rings (SSSR count). The van der Waals surface area contributed by atoms with Crippen molar-refractivity contribution in [3.8, 4) is 22.4 Å². The van der Waals surface area contributed by atoms with Crippen molar-refractivity contribution in [1.29, 1.82) is 0 Å². The van der Waals surface area contributed by atoms with E-state index in [9.17, 15) is 26.0 Å². The molecule has 0 spiro atoms. The van der Waals surface area contributed by atoms with Gasteiger partial charge < -0.3 is 4.90 Å². The number of halogens is 4. The fraction of sp³-hybridized carbons (Fsp3) is 0.318. The maximum atomic E-state index is 14.3. The molecule has 11 heteroatoms. The van der Waals surface area contributed by atoms with Crippen LogP contribution in [0.5, 0.6) is 0 Å². The molecule has 0 atom stereocenters. The van der Waals surface area contributed by atoms with Gasteiger partial charge in [0, 0.05) is 17.7 Å². The summed E-state index contributed by atoms with van der Waals surface area (Å²) >= 11 is 0. The van der Waals surface area contributed by atoms with Crippen molar-refractivity contribution in [2.24, 2.45) is 5.14 Å². The van der Waals surface area contributed by atoms with E-state index in [-0.39, 0.29) is 33.8 Å². The normalized spacial score (nSPS) is 15.3. The first-order chi connectivity index (χ1) is 15.5. The monoisotopic (exact) mass is 482 g/mol. The van der Waals surface area contributed by atoms with Crippen molar-refractivity contribution in [3.05, 3.63) is 60.0 Å². The Kier molecular flexibility index (Phi) is 6.30. The van der Waals surface area contributed by atoms with Crippen LogP contribution in [0, 0.1) is 5.82 Å². The van der Waals surface area contributed by atoms with E-state index in [2.05, 4.69) is 10.00 Å². The Balaban J connectivity index is 1.87. The second-order valence-corrected chi connectivity index (χ2v) is 9.48. The van der Waals surface area contributed by atoms with Gasteiger partial charge in [-0.25, -0.2) is 17.9 Å². The summed E-state index contributed by atoms with van der Waals surface area (Å²) < 4.78 is 80.4. The summed E-state index contributed by atoms with van der Waals surface area (Å²) in [5.74, 6) is -0.576. The Hall–Kier alpha value is -2.76. The highest BCUT2D eigenvalue weighted by Gasteiger charge is 2.40. The standard InChI is InChI=1S/C22H22F4N4O2S/c23-17-7-3-15(4-8-17)19-20(16-5-9-18(10-6-16)33(27,31)32)28-30(21(19)22(24,25)26)14-13-29-11-1-2-12-29/h3-10H,1-2,11-14H2,(H2,27,31,32). The lowest BCUT2D eigenvalue weighted by Crippen LogP contribution is -2.26. The number of alkyl halides is 3. The van der Waals surface area contributed by atoms with Gasteiger partial charge in [0.15, 0.2) is 5.69 Å². The largest absolute Gasteiger partial charge is 0.433 e. The van der Waals surface area contributed by atoms with Gasteiger partial charge in [0.2, 0.25) is 10.0 Å². The summed E-state index contributed by atoms with van der Waals surface area (Å²) in [6, 6.07) is 9.88. The summed E-state index contributed by atoms with van der Waals surface area (Å²) in [4.78, 5) is 1.92. The van der Waals surface area contributed by atoms with Crippen LogP contribution in [0.15, 0.2) is 53.4 Å². The third-order valence-electron chi connectivity index (χ3n) is 5.64. The van der Waals surface area contributed by atoms with Crippen LogP contribution >= 0.6 is 0 Å². The molecule has 0 bridgehead atoms. The lowest BCUT2D eigenvalue weighted by atomic mass is 9.98. The van der Waals surface area contributed by atoms with Crippen LogP contribution in [0.2, 0.25) is 0 Å². The van der Waals surface area contributed by atoms with Gasteiger partial charge in [0.05, 0.1) is 11.4 Å². The first-order valence-corrected chi connectivity index (χ1v) is 11.9. The van der Waals surface area contributed by atoms with E-state index in [1.165, 1.54) is 36.4 Å². The molecule has 176 valence electrons. The molecule has 0 radical (unpaired) electrons. The Morgan fingerprint density at radius 1 is 0.909 bits per heavy atom. The molecule has 0 aliphatic carbocycles. The number of rotatable bonds is 6. The highest BCUT2D eigenvalue weighted by molar-refractivity contribution is 7.89. The van der Waals surface area contributed by atoms with Crippen molar-refractivity contribution in [2.45, 2.75) is 30.5 Å². The zero-order valence-electron chi connectivity index (χ0n) is 17.5.